The Kier molecular flexibility index (Phi) is 4.30. The van der Waals surface area contributed by atoms with Gasteiger partial charge >= 0.3 is 0 Å². The van der Waals surface area contributed by atoms with Crippen molar-refractivity contribution in [3.63, 3.8) is 0 Å². The molecule has 1 atom stereocenters. The van der Waals surface area contributed by atoms with E-state index in [2.05, 4.69) is 59.2 Å². The predicted octanol–water partition coefficient (Wildman–Crippen LogP) is 3.92. The molecule has 0 saturated carbocycles. The average molecular weight is 379 g/mol. The minimum Gasteiger partial charge on any atom is -0.378 e. The molecule has 1 saturated heterocycles. The smallest absolute Gasteiger partial charge is 0.188 e. The number of morpholine rings is 1. The van der Waals surface area contributed by atoms with Crippen molar-refractivity contribution < 1.29 is 4.74 Å². The number of hydrogen-bond acceptors (Lipinski definition) is 6. The van der Waals surface area contributed by atoms with Crippen LogP contribution in [0.25, 0.3) is 10.8 Å². The summed E-state index contributed by atoms with van der Waals surface area (Å²) in [6.45, 7) is 6.30. The van der Waals surface area contributed by atoms with E-state index in [1.165, 1.54) is 16.3 Å². The van der Waals surface area contributed by atoms with E-state index in [0.29, 0.717) is 0 Å². The molecular weight excluding hydrogens is 356 g/mol. The zero-order valence-corrected chi connectivity index (χ0v) is 16.2. The number of nitrogens with zero attached hydrogens (tertiary/aromatic N) is 4. The highest BCUT2D eigenvalue weighted by molar-refractivity contribution is 7.17. The molecule has 3 aromatic rings. The fourth-order valence-electron chi connectivity index (χ4n) is 3.75. The van der Waals surface area contributed by atoms with Gasteiger partial charge in [0.1, 0.15) is 6.17 Å². The van der Waals surface area contributed by atoms with Crippen molar-refractivity contribution in [3.05, 3.63) is 52.9 Å². The molecule has 138 valence electrons. The van der Waals surface area contributed by atoms with Gasteiger partial charge in [-0.25, -0.2) is 4.98 Å². The fourth-order valence-corrected chi connectivity index (χ4v) is 4.75. The van der Waals surface area contributed by atoms with Crippen molar-refractivity contribution in [2.24, 2.45) is 4.99 Å². The van der Waals surface area contributed by atoms with Gasteiger partial charge in [0.25, 0.3) is 0 Å². The van der Waals surface area contributed by atoms with Gasteiger partial charge in [0.15, 0.2) is 10.9 Å². The Morgan fingerprint density at radius 2 is 1.93 bits per heavy atom. The molecule has 0 N–H and O–H groups in total. The molecular formula is C21H22N4OS. The predicted molar refractivity (Wildman–Crippen MR) is 112 cm³/mol. The molecule has 0 bridgehead atoms. The summed E-state index contributed by atoms with van der Waals surface area (Å²) in [5.74, 6) is 1.05. The lowest BCUT2D eigenvalue weighted by molar-refractivity contribution is 0.122. The van der Waals surface area contributed by atoms with Gasteiger partial charge in [-0.1, -0.05) is 53.8 Å². The number of rotatable bonds is 3. The van der Waals surface area contributed by atoms with Crippen molar-refractivity contribution in [1.82, 2.24) is 4.98 Å². The zero-order valence-electron chi connectivity index (χ0n) is 15.3. The number of ether oxygens (including phenoxy) is 1. The van der Waals surface area contributed by atoms with Crippen LogP contribution in [0.4, 0.5) is 10.9 Å². The van der Waals surface area contributed by atoms with Crippen LogP contribution in [0.1, 0.15) is 17.4 Å². The average Bonchev–Trinajstić information content (AvgIpc) is 3.16. The molecule has 2 aliphatic rings. The normalized spacial score (nSPS) is 19.5. The minimum atomic E-state index is 0.0797. The Morgan fingerprint density at radius 3 is 2.81 bits per heavy atom. The molecule has 2 aliphatic heterocycles. The van der Waals surface area contributed by atoms with Gasteiger partial charge in [0.2, 0.25) is 0 Å². The maximum absolute atomic E-state index is 5.48. The summed E-state index contributed by atoms with van der Waals surface area (Å²) in [7, 11) is 0. The number of fused-ring (bicyclic) bond motifs is 2. The van der Waals surface area contributed by atoms with Gasteiger partial charge in [-0.15, -0.1) is 0 Å². The Balaban J connectivity index is 1.49. The molecule has 6 heteroatoms. The largest absolute Gasteiger partial charge is 0.378 e. The molecule has 1 fully saturated rings. The number of benzene rings is 2. The van der Waals surface area contributed by atoms with E-state index in [1.807, 2.05) is 6.21 Å². The summed E-state index contributed by atoms with van der Waals surface area (Å²) in [5, 5.41) is 3.65. The van der Waals surface area contributed by atoms with Gasteiger partial charge in [0, 0.05) is 25.8 Å². The fraction of sp³-hybridized carbons (Fsp3) is 0.333. The van der Waals surface area contributed by atoms with Gasteiger partial charge in [-0.3, -0.25) is 4.99 Å². The molecule has 0 aliphatic carbocycles. The van der Waals surface area contributed by atoms with Gasteiger partial charge < -0.3 is 14.5 Å². The lowest BCUT2D eigenvalue weighted by atomic mass is 10.0. The van der Waals surface area contributed by atoms with Crippen LogP contribution in [0.2, 0.25) is 0 Å². The monoisotopic (exact) mass is 378 g/mol. The second kappa shape index (κ2) is 6.94. The van der Waals surface area contributed by atoms with Crippen molar-refractivity contribution in [2.75, 3.05) is 36.1 Å². The highest BCUT2D eigenvalue weighted by atomic mass is 32.1. The first-order valence-electron chi connectivity index (χ1n) is 9.39. The number of hydrogen-bond donors (Lipinski definition) is 0. The SMILES string of the molecule is CC1N=Cc2sc(N3CCOCC3)nc2N1Cc1cccc2ccccc12. The highest BCUT2D eigenvalue weighted by Crippen LogP contribution is 2.36. The molecule has 1 aromatic heterocycles. The topological polar surface area (TPSA) is 41.0 Å². The van der Waals surface area contributed by atoms with Gasteiger partial charge in [0.05, 0.1) is 18.1 Å². The van der Waals surface area contributed by atoms with Crippen molar-refractivity contribution in [2.45, 2.75) is 19.6 Å². The van der Waals surface area contributed by atoms with Crippen LogP contribution in [0, 0.1) is 0 Å². The van der Waals surface area contributed by atoms with Crippen molar-refractivity contribution >= 4 is 39.3 Å². The second-order valence-corrected chi connectivity index (χ2v) is 7.97. The Labute approximate surface area is 162 Å². The molecule has 2 aromatic carbocycles. The van der Waals surface area contributed by atoms with Crippen LogP contribution in [-0.4, -0.2) is 43.7 Å². The van der Waals surface area contributed by atoms with Crippen LogP contribution in [0.3, 0.4) is 0 Å². The molecule has 27 heavy (non-hydrogen) atoms. The molecule has 5 nitrogen and oxygen atoms in total. The highest BCUT2D eigenvalue weighted by Gasteiger charge is 2.27. The van der Waals surface area contributed by atoms with E-state index in [0.717, 1.165) is 48.7 Å². The van der Waals surface area contributed by atoms with Crippen LogP contribution < -0.4 is 9.80 Å². The standard InChI is InChI=1S/C21H22N4OS/c1-15-22-13-19-20(23-21(27-19)24-9-11-26-12-10-24)25(15)14-17-7-4-6-16-5-2-3-8-18(16)17/h2-8,13,15H,9-12,14H2,1H3. The third kappa shape index (κ3) is 3.09. The van der Waals surface area contributed by atoms with Gasteiger partial charge in [-0.2, -0.15) is 0 Å². The van der Waals surface area contributed by atoms with Crippen LogP contribution in [-0.2, 0) is 11.3 Å². The maximum atomic E-state index is 5.48. The van der Waals surface area contributed by atoms with Crippen molar-refractivity contribution in [1.29, 1.82) is 0 Å². The molecule has 0 amide bonds. The van der Waals surface area contributed by atoms with E-state index in [9.17, 15) is 0 Å². The zero-order chi connectivity index (χ0) is 18.2. The van der Waals surface area contributed by atoms with E-state index < -0.39 is 0 Å². The molecule has 3 heterocycles. The quantitative estimate of drug-likeness (QED) is 0.693. The Bertz CT molecular complexity index is 988. The second-order valence-electron chi connectivity index (χ2n) is 6.96. The van der Waals surface area contributed by atoms with E-state index >= 15 is 0 Å². The van der Waals surface area contributed by atoms with Crippen LogP contribution in [0.15, 0.2) is 47.5 Å². The maximum Gasteiger partial charge on any atom is 0.188 e. The molecule has 5 rings (SSSR count). The number of aliphatic imine (C=N–C) groups is 1. The van der Waals surface area contributed by atoms with Crippen LogP contribution >= 0.6 is 11.3 Å². The lowest BCUT2D eigenvalue weighted by Gasteiger charge is -2.30. The summed E-state index contributed by atoms with van der Waals surface area (Å²) in [4.78, 5) is 15.5. The van der Waals surface area contributed by atoms with E-state index in [-0.39, 0.29) is 6.17 Å². The first-order valence-corrected chi connectivity index (χ1v) is 10.2. The third-order valence-electron chi connectivity index (χ3n) is 5.26. The van der Waals surface area contributed by atoms with Gasteiger partial charge in [-0.05, 0) is 23.3 Å². The van der Waals surface area contributed by atoms with Crippen LogP contribution in [0.5, 0.6) is 0 Å². The van der Waals surface area contributed by atoms with E-state index in [4.69, 9.17) is 14.7 Å². The third-order valence-corrected chi connectivity index (χ3v) is 6.30. The summed E-state index contributed by atoms with van der Waals surface area (Å²) < 4.78 is 5.48. The van der Waals surface area contributed by atoms with Crippen molar-refractivity contribution in [3.8, 4) is 0 Å². The Morgan fingerprint density at radius 1 is 1.11 bits per heavy atom. The number of thiazole rings is 1. The Hall–Kier alpha value is -2.44. The summed E-state index contributed by atoms with van der Waals surface area (Å²) in [5.41, 5.74) is 1.31. The minimum absolute atomic E-state index is 0.0797. The molecule has 1 unspecified atom stereocenters. The first kappa shape index (κ1) is 16.7. The summed E-state index contributed by atoms with van der Waals surface area (Å²) in [6.07, 6.45) is 2.07. The van der Waals surface area contributed by atoms with E-state index in [1.54, 1.807) is 11.3 Å². The molecule has 0 radical (unpaired) electrons. The summed E-state index contributed by atoms with van der Waals surface area (Å²) >= 11 is 1.73. The number of aromatic nitrogens is 1. The molecule has 0 spiro atoms. The number of anilines is 2. The summed E-state index contributed by atoms with van der Waals surface area (Å²) in [6, 6.07) is 15.1. The first-order chi connectivity index (χ1) is 13.3. The lowest BCUT2D eigenvalue weighted by Crippen LogP contribution is -2.36.